The zero-order valence-corrected chi connectivity index (χ0v) is 14.4. The summed E-state index contributed by atoms with van der Waals surface area (Å²) in [6, 6.07) is 0.473. The van der Waals surface area contributed by atoms with Gasteiger partial charge in [-0.2, -0.15) is 0 Å². The first-order chi connectivity index (χ1) is 10.8. The van der Waals surface area contributed by atoms with Gasteiger partial charge in [0.15, 0.2) is 5.96 Å². The molecule has 0 bridgehead atoms. The SMILES string of the molecule is CCCCCC(C)NC(=NCCCCn1cnnc1)NCC. The number of aromatic nitrogens is 3. The molecule has 1 rings (SSSR count). The smallest absolute Gasteiger partial charge is 0.191 e. The van der Waals surface area contributed by atoms with Crippen molar-refractivity contribution in [2.24, 2.45) is 4.99 Å². The Bertz CT molecular complexity index is 387. The summed E-state index contributed by atoms with van der Waals surface area (Å²) in [5.41, 5.74) is 0. The van der Waals surface area contributed by atoms with Crippen molar-refractivity contribution >= 4 is 5.96 Å². The first-order valence-corrected chi connectivity index (χ1v) is 8.63. The van der Waals surface area contributed by atoms with Crippen molar-refractivity contribution in [2.75, 3.05) is 13.1 Å². The molecule has 0 saturated carbocycles. The van der Waals surface area contributed by atoms with Gasteiger partial charge in [-0.3, -0.25) is 4.99 Å². The first kappa shape index (κ1) is 18.5. The van der Waals surface area contributed by atoms with Crippen LogP contribution in [0.15, 0.2) is 17.6 Å². The summed E-state index contributed by atoms with van der Waals surface area (Å²) < 4.78 is 2.00. The lowest BCUT2D eigenvalue weighted by atomic mass is 10.1. The molecule has 22 heavy (non-hydrogen) atoms. The fourth-order valence-corrected chi connectivity index (χ4v) is 2.26. The lowest BCUT2D eigenvalue weighted by Crippen LogP contribution is -2.42. The van der Waals surface area contributed by atoms with Crippen molar-refractivity contribution in [1.82, 2.24) is 25.4 Å². The molecule has 0 radical (unpaired) electrons. The molecule has 0 aliphatic carbocycles. The Morgan fingerprint density at radius 2 is 1.91 bits per heavy atom. The van der Waals surface area contributed by atoms with E-state index < -0.39 is 0 Å². The van der Waals surface area contributed by atoms with Crippen LogP contribution in [-0.2, 0) is 6.54 Å². The second-order valence-corrected chi connectivity index (χ2v) is 5.71. The van der Waals surface area contributed by atoms with E-state index in [4.69, 9.17) is 0 Å². The van der Waals surface area contributed by atoms with E-state index in [2.05, 4.69) is 46.6 Å². The van der Waals surface area contributed by atoms with Crippen LogP contribution in [0.3, 0.4) is 0 Å². The standard InChI is InChI=1S/C16H32N6/c1-4-6-7-10-15(3)21-16(17-5-2)18-11-8-9-12-22-13-19-20-14-22/h13-15H,4-12H2,1-3H3,(H2,17,18,21). The van der Waals surface area contributed by atoms with Gasteiger partial charge >= 0.3 is 0 Å². The van der Waals surface area contributed by atoms with E-state index in [9.17, 15) is 0 Å². The topological polar surface area (TPSA) is 67.1 Å². The van der Waals surface area contributed by atoms with E-state index in [1.54, 1.807) is 12.7 Å². The van der Waals surface area contributed by atoms with Crippen molar-refractivity contribution < 1.29 is 0 Å². The number of hydrogen-bond donors (Lipinski definition) is 2. The maximum atomic E-state index is 4.65. The molecule has 126 valence electrons. The second kappa shape index (κ2) is 12.0. The monoisotopic (exact) mass is 308 g/mol. The maximum Gasteiger partial charge on any atom is 0.191 e. The van der Waals surface area contributed by atoms with Crippen molar-refractivity contribution in [2.45, 2.75) is 71.9 Å². The van der Waals surface area contributed by atoms with Crippen molar-refractivity contribution in [3.05, 3.63) is 12.7 Å². The number of rotatable bonds is 11. The van der Waals surface area contributed by atoms with Gasteiger partial charge in [-0.05, 0) is 33.1 Å². The van der Waals surface area contributed by atoms with Crippen LogP contribution in [0, 0.1) is 0 Å². The number of guanidine groups is 1. The van der Waals surface area contributed by atoms with E-state index in [1.807, 2.05) is 4.57 Å². The van der Waals surface area contributed by atoms with E-state index in [0.29, 0.717) is 6.04 Å². The maximum absolute atomic E-state index is 4.65. The largest absolute Gasteiger partial charge is 0.357 e. The Morgan fingerprint density at radius 1 is 1.14 bits per heavy atom. The van der Waals surface area contributed by atoms with Gasteiger partial charge in [0.1, 0.15) is 12.7 Å². The molecular formula is C16H32N6. The summed E-state index contributed by atoms with van der Waals surface area (Å²) in [6.07, 6.45) is 10.7. The molecule has 2 N–H and O–H groups in total. The second-order valence-electron chi connectivity index (χ2n) is 5.71. The molecule has 0 spiro atoms. The van der Waals surface area contributed by atoms with Crippen LogP contribution >= 0.6 is 0 Å². The van der Waals surface area contributed by atoms with Crippen LogP contribution in [-0.4, -0.2) is 39.9 Å². The van der Waals surface area contributed by atoms with Gasteiger partial charge < -0.3 is 15.2 Å². The predicted molar refractivity (Wildman–Crippen MR) is 92.0 cm³/mol. The quantitative estimate of drug-likeness (QED) is 0.374. The van der Waals surface area contributed by atoms with E-state index in [-0.39, 0.29) is 0 Å². The highest BCUT2D eigenvalue weighted by molar-refractivity contribution is 5.79. The summed E-state index contributed by atoms with van der Waals surface area (Å²) in [4.78, 5) is 4.65. The van der Waals surface area contributed by atoms with E-state index in [0.717, 1.165) is 38.4 Å². The first-order valence-electron chi connectivity index (χ1n) is 8.63. The molecule has 0 aliphatic heterocycles. The lowest BCUT2D eigenvalue weighted by molar-refractivity contribution is 0.545. The van der Waals surface area contributed by atoms with E-state index >= 15 is 0 Å². The minimum Gasteiger partial charge on any atom is -0.357 e. The minimum absolute atomic E-state index is 0.473. The van der Waals surface area contributed by atoms with Crippen molar-refractivity contribution in [3.63, 3.8) is 0 Å². The van der Waals surface area contributed by atoms with Gasteiger partial charge in [-0.25, -0.2) is 0 Å². The summed E-state index contributed by atoms with van der Waals surface area (Å²) in [7, 11) is 0. The Balaban J connectivity index is 2.22. The number of nitrogens with one attached hydrogen (secondary N) is 2. The Morgan fingerprint density at radius 3 is 2.59 bits per heavy atom. The molecule has 1 atom stereocenters. The van der Waals surface area contributed by atoms with Gasteiger partial charge in [0.2, 0.25) is 0 Å². The molecule has 1 aromatic rings. The third-order valence-electron chi connectivity index (χ3n) is 3.53. The molecule has 0 fully saturated rings. The molecule has 0 amide bonds. The van der Waals surface area contributed by atoms with Crippen LogP contribution in [0.2, 0.25) is 0 Å². The molecule has 1 heterocycles. The van der Waals surface area contributed by atoms with Crippen LogP contribution in [0.25, 0.3) is 0 Å². The lowest BCUT2D eigenvalue weighted by Gasteiger charge is -2.17. The Hall–Kier alpha value is -1.59. The summed E-state index contributed by atoms with van der Waals surface area (Å²) in [5.74, 6) is 0.941. The third kappa shape index (κ3) is 8.64. The summed E-state index contributed by atoms with van der Waals surface area (Å²) in [6.45, 7) is 9.27. The molecule has 1 aromatic heterocycles. The highest BCUT2D eigenvalue weighted by Gasteiger charge is 2.04. The highest BCUT2D eigenvalue weighted by atomic mass is 15.2. The molecule has 6 nitrogen and oxygen atoms in total. The molecular weight excluding hydrogens is 276 g/mol. The number of hydrogen-bond acceptors (Lipinski definition) is 3. The van der Waals surface area contributed by atoms with Gasteiger partial charge in [0, 0.05) is 25.7 Å². The number of aryl methyl sites for hydroxylation is 1. The summed E-state index contributed by atoms with van der Waals surface area (Å²) >= 11 is 0. The molecule has 6 heteroatoms. The highest BCUT2D eigenvalue weighted by Crippen LogP contribution is 2.02. The zero-order chi connectivity index (χ0) is 16.0. The average Bonchev–Trinajstić information content (AvgIpc) is 3.00. The van der Waals surface area contributed by atoms with Crippen LogP contribution in [0.5, 0.6) is 0 Å². The normalized spacial score (nSPS) is 13.1. The molecule has 1 unspecified atom stereocenters. The molecule has 0 aliphatic rings. The van der Waals surface area contributed by atoms with Crippen molar-refractivity contribution in [1.29, 1.82) is 0 Å². The van der Waals surface area contributed by atoms with Gasteiger partial charge in [0.05, 0.1) is 0 Å². The van der Waals surface area contributed by atoms with Gasteiger partial charge in [0.25, 0.3) is 0 Å². The van der Waals surface area contributed by atoms with Crippen LogP contribution in [0.1, 0.15) is 59.3 Å². The van der Waals surface area contributed by atoms with Gasteiger partial charge in [-0.1, -0.05) is 26.2 Å². The molecule has 0 saturated heterocycles. The molecule has 0 aromatic carbocycles. The average molecular weight is 308 g/mol. The van der Waals surface area contributed by atoms with Crippen LogP contribution in [0.4, 0.5) is 0 Å². The predicted octanol–water partition coefficient (Wildman–Crippen LogP) is 2.58. The number of aliphatic imine (C=N–C) groups is 1. The van der Waals surface area contributed by atoms with Gasteiger partial charge in [-0.15, -0.1) is 10.2 Å². The Labute approximate surface area is 134 Å². The number of unbranched alkanes of at least 4 members (excludes halogenated alkanes) is 3. The Kier molecular flexibility index (Phi) is 10.1. The van der Waals surface area contributed by atoms with E-state index in [1.165, 1.54) is 25.7 Å². The zero-order valence-electron chi connectivity index (χ0n) is 14.4. The fraction of sp³-hybridized carbons (Fsp3) is 0.812. The minimum atomic E-state index is 0.473. The fourth-order valence-electron chi connectivity index (χ4n) is 2.26. The summed E-state index contributed by atoms with van der Waals surface area (Å²) in [5, 5.41) is 14.4. The van der Waals surface area contributed by atoms with Crippen LogP contribution < -0.4 is 10.6 Å². The third-order valence-corrected chi connectivity index (χ3v) is 3.53. The number of nitrogens with zero attached hydrogens (tertiary/aromatic N) is 4. The van der Waals surface area contributed by atoms with Crippen molar-refractivity contribution in [3.8, 4) is 0 Å².